The van der Waals surface area contributed by atoms with Gasteiger partial charge in [0.1, 0.15) is 23.5 Å². The first-order valence-electron chi connectivity index (χ1n) is 14.1. The molecule has 1 aliphatic carbocycles. The summed E-state index contributed by atoms with van der Waals surface area (Å²) in [5, 5.41) is 18.5. The lowest BCUT2D eigenvalue weighted by Gasteiger charge is -2.27. The van der Waals surface area contributed by atoms with Gasteiger partial charge in [0.15, 0.2) is 35.0 Å². The first-order valence-corrected chi connectivity index (χ1v) is 16.2. The fraction of sp³-hybridized carbons (Fsp3) is 0.429. The SMILES string of the molecule is CNc1nc(N)nc2c1ncn2[C@@H]1O[C@]2(CCl)C(O[P@@](=O)(N[C@@H](C)C(=O)OC(C)C)Oc3cccc4ccccc34)[C@]2(O)[C@H]1F. The molecule has 1 saturated heterocycles. The molecule has 2 aromatic carbocycles. The van der Waals surface area contributed by atoms with Crippen LogP contribution in [0.5, 0.6) is 5.75 Å². The molecule has 1 saturated carbocycles. The molecule has 2 aliphatic rings. The van der Waals surface area contributed by atoms with Gasteiger partial charge in [0.25, 0.3) is 0 Å². The molecule has 2 fully saturated rings. The highest BCUT2D eigenvalue weighted by Gasteiger charge is 2.90. The Bertz CT molecular complexity index is 1820. The largest absolute Gasteiger partial charge is 0.462 e. The number of fused-ring (bicyclic) bond motifs is 3. The second-order valence-electron chi connectivity index (χ2n) is 11.2. The highest BCUT2D eigenvalue weighted by molar-refractivity contribution is 7.52. The van der Waals surface area contributed by atoms with Crippen LogP contribution in [0.3, 0.4) is 0 Å². The number of anilines is 2. The number of rotatable bonds is 11. The maximum absolute atomic E-state index is 16.3. The van der Waals surface area contributed by atoms with Gasteiger partial charge < -0.3 is 30.2 Å². The van der Waals surface area contributed by atoms with E-state index in [1.807, 2.05) is 18.2 Å². The number of nitrogens with one attached hydrogen (secondary N) is 2. The molecule has 7 atom stereocenters. The predicted molar refractivity (Wildman–Crippen MR) is 164 cm³/mol. The third kappa shape index (κ3) is 5.07. The van der Waals surface area contributed by atoms with Crippen molar-refractivity contribution in [1.29, 1.82) is 0 Å². The number of nitrogens with two attached hydrogens (primary N) is 1. The first kappa shape index (κ1) is 31.4. The fourth-order valence-electron chi connectivity index (χ4n) is 5.62. The number of carbonyl (C=O) groups excluding carboxylic acids is 1. The summed E-state index contributed by atoms with van der Waals surface area (Å²) in [5.41, 5.74) is 2.05. The van der Waals surface area contributed by atoms with Gasteiger partial charge in [-0.1, -0.05) is 36.4 Å². The Labute approximate surface area is 261 Å². The minimum atomic E-state index is -4.59. The van der Waals surface area contributed by atoms with Gasteiger partial charge in [-0.25, -0.2) is 13.9 Å². The highest BCUT2D eigenvalue weighted by atomic mass is 35.5. The molecule has 5 N–H and O–H groups in total. The molecular formula is C28H32ClFN7O7P. The summed E-state index contributed by atoms with van der Waals surface area (Å²) < 4.78 is 55.2. The van der Waals surface area contributed by atoms with Crippen molar-refractivity contribution in [2.24, 2.45) is 0 Å². The van der Waals surface area contributed by atoms with Crippen LogP contribution >= 0.6 is 19.3 Å². The average molecular weight is 664 g/mol. The van der Waals surface area contributed by atoms with Crippen LogP contribution in [0.15, 0.2) is 48.8 Å². The third-order valence-corrected chi connectivity index (χ3v) is 9.86. The number of aromatic nitrogens is 4. The number of esters is 1. The molecule has 4 aromatic rings. The van der Waals surface area contributed by atoms with Crippen LogP contribution in [-0.4, -0.2) is 79.1 Å². The number of hydrogen-bond acceptors (Lipinski definition) is 12. The molecule has 0 spiro atoms. The quantitative estimate of drug-likeness (QED) is 0.104. The van der Waals surface area contributed by atoms with E-state index < -0.39 is 61.4 Å². The number of ether oxygens (including phenoxy) is 2. The maximum atomic E-state index is 16.3. The Morgan fingerprint density at radius 1 is 1.24 bits per heavy atom. The molecule has 2 aromatic heterocycles. The fourth-order valence-corrected chi connectivity index (χ4v) is 7.80. The van der Waals surface area contributed by atoms with Gasteiger partial charge in [0.05, 0.1) is 18.3 Å². The first-order chi connectivity index (χ1) is 21.4. The summed E-state index contributed by atoms with van der Waals surface area (Å²) in [6.45, 7) is 4.74. The van der Waals surface area contributed by atoms with Crippen molar-refractivity contribution in [2.75, 3.05) is 24.0 Å². The zero-order chi connectivity index (χ0) is 32.3. The van der Waals surface area contributed by atoms with E-state index in [9.17, 15) is 14.5 Å². The van der Waals surface area contributed by atoms with Crippen LogP contribution in [0.4, 0.5) is 16.2 Å². The predicted octanol–water partition coefficient (Wildman–Crippen LogP) is 3.69. The number of nitrogens with zero attached hydrogens (tertiary/aromatic N) is 4. The Morgan fingerprint density at radius 2 is 1.98 bits per heavy atom. The van der Waals surface area contributed by atoms with Crippen LogP contribution in [-0.2, 0) is 23.4 Å². The van der Waals surface area contributed by atoms with Gasteiger partial charge in [0.2, 0.25) is 5.95 Å². The van der Waals surface area contributed by atoms with Gasteiger partial charge >= 0.3 is 13.7 Å². The molecule has 3 heterocycles. The van der Waals surface area contributed by atoms with Crippen molar-refractivity contribution in [3.05, 3.63) is 48.8 Å². The number of aliphatic hydroxyl groups is 1. The summed E-state index contributed by atoms with van der Waals surface area (Å²) in [4.78, 5) is 25.2. The molecular weight excluding hydrogens is 632 g/mol. The highest BCUT2D eigenvalue weighted by Crippen LogP contribution is 2.69. The van der Waals surface area contributed by atoms with Crippen LogP contribution in [0, 0.1) is 0 Å². The summed E-state index contributed by atoms with van der Waals surface area (Å²) >= 11 is 6.30. The standard InChI is InChI=1S/C28H32ClFN7O7P/c1-14(2)41-24(38)15(3)36-45(40,43-18-11-7-9-16-8-5-6-10-17(16)18)44-25-27(12-29)28(25,39)20(30)23(42-27)37-13-33-19-21(32-4)34-26(31)35-22(19)37/h5-11,13-15,20,23,25,39H,12H2,1-4H3,(H,36,40)(H3,31,32,34,35)/t15-,20-,23+,25?,27+,28+,45+/m0/s1. The molecule has 17 heteroatoms. The second-order valence-corrected chi connectivity index (χ2v) is 13.1. The molecule has 1 unspecified atom stereocenters. The normalized spacial score (nSPS) is 27.7. The van der Waals surface area contributed by atoms with E-state index in [-0.39, 0.29) is 17.3 Å². The van der Waals surface area contributed by atoms with Crippen molar-refractivity contribution in [1.82, 2.24) is 24.6 Å². The molecule has 45 heavy (non-hydrogen) atoms. The smallest absolute Gasteiger partial charge is 0.459 e. The number of halogens is 2. The van der Waals surface area contributed by atoms with E-state index in [1.54, 1.807) is 45.2 Å². The van der Waals surface area contributed by atoms with E-state index >= 15 is 4.39 Å². The minimum Gasteiger partial charge on any atom is -0.462 e. The molecule has 240 valence electrons. The van der Waals surface area contributed by atoms with Gasteiger partial charge in [-0.2, -0.15) is 15.1 Å². The second kappa shape index (κ2) is 11.3. The third-order valence-electron chi connectivity index (χ3n) is 7.84. The number of alkyl halides is 2. The molecule has 6 rings (SSSR count). The van der Waals surface area contributed by atoms with Crippen molar-refractivity contribution in [3.8, 4) is 5.75 Å². The zero-order valence-corrected chi connectivity index (χ0v) is 26.3. The lowest BCUT2D eigenvalue weighted by atomic mass is 10.1. The Balaban J connectivity index is 1.33. The Kier molecular flexibility index (Phi) is 7.91. The van der Waals surface area contributed by atoms with Crippen LogP contribution < -0.4 is 20.7 Å². The molecule has 0 bridgehead atoms. The van der Waals surface area contributed by atoms with Crippen molar-refractivity contribution in [3.63, 3.8) is 0 Å². The van der Waals surface area contributed by atoms with Crippen molar-refractivity contribution in [2.45, 2.75) is 62.6 Å². The molecule has 0 amide bonds. The summed E-state index contributed by atoms with van der Waals surface area (Å²) in [5.74, 6) is -0.808. The number of benzene rings is 2. The summed E-state index contributed by atoms with van der Waals surface area (Å²) in [6, 6.07) is 11.1. The van der Waals surface area contributed by atoms with E-state index in [4.69, 9.17) is 35.9 Å². The van der Waals surface area contributed by atoms with Crippen LogP contribution in [0.2, 0.25) is 0 Å². The Morgan fingerprint density at radius 3 is 2.67 bits per heavy atom. The molecule has 1 aliphatic heterocycles. The van der Waals surface area contributed by atoms with Crippen molar-refractivity contribution < 1.29 is 37.4 Å². The average Bonchev–Trinajstić information content (AvgIpc) is 3.23. The van der Waals surface area contributed by atoms with Gasteiger partial charge in [0, 0.05) is 12.4 Å². The summed E-state index contributed by atoms with van der Waals surface area (Å²) in [7, 11) is -2.97. The number of carbonyl (C=O) groups is 1. The number of hydrogen-bond donors (Lipinski definition) is 4. The van der Waals surface area contributed by atoms with E-state index in [0.717, 1.165) is 5.39 Å². The van der Waals surface area contributed by atoms with Gasteiger partial charge in [-0.15, -0.1) is 11.6 Å². The van der Waals surface area contributed by atoms with Crippen LogP contribution in [0.25, 0.3) is 21.9 Å². The minimum absolute atomic E-state index is 0.0955. The van der Waals surface area contributed by atoms with E-state index in [1.165, 1.54) is 17.8 Å². The number of nitrogen functional groups attached to an aromatic ring is 1. The Hall–Kier alpha value is -3.59. The topological polar surface area (TPSA) is 185 Å². The summed E-state index contributed by atoms with van der Waals surface area (Å²) in [6.07, 6.45) is -4.37. The lowest BCUT2D eigenvalue weighted by Crippen LogP contribution is -2.38. The van der Waals surface area contributed by atoms with Crippen LogP contribution in [0.1, 0.15) is 27.0 Å². The molecule has 0 radical (unpaired) electrons. The lowest BCUT2D eigenvalue weighted by molar-refractivity contribution is -0.149. The van der Waals surface area contributed by atoms with Gasteiger partial charge in [-0.3, -0.25) is 13.9 Å². The van der Waals surface area contributed by atoms with Gasteiger partial charge in [-0.05, 0) is 32.2 Å². The van der Waals surface area contributed by atoms with E-state index in [2.05, 4.69) is 25.4 Å². The maximum Gasteiger partial charge on any atom is 0.459 e. The molecule has 14 nitrogen and oxygen atoms in total. The van der Waals surface area contributed by atoms with Crippen molar-refractivity contribution >= 4 is 59.0 Å². The number of imidazole rings is 1. The zero-order valence-electron chi connectivity index (χ0n) is 24.7. The van der Waals surface area contributed by atoms with E-state index in [0.29, 0.717) is 16.7 Å². The monoisotopic (exact) mass is 663 g/mol.